The van der Waals surface area contributed by atoms with Crippen LogP contribution in [0.3, 0.4) is 0 Å². The minimum absolute atomic E-state index is 0. The lowest BCUT2D eigenvalue weighted by atomic mass is 10.2. The van der Waals surface area contributed by atoms with Crippen LogP contribution >= 0.6 is 12.4 Å². The highest BCUT2D eigenvalue weighted by Crippen LogP contribution is 2.12. The molecular weight excluding hydrogens is 330 g/mol. The molecule has 1 saturated heterocycles. The van der Waals surface area contributed by atoms with Crippen molar-refractivity contribution < 1.29 is 14.3 Å². The highest BCUT2D eigenvalue weighted by atomic mass is 35.5. The third-order valence-electron chi connectivity index (χ3n) is 3.84. The molecule has 2 amide bonds. The molecule has 1 aliphatic heterocycles. The highest BCUT2D eigenvalue weighted by molar-refractivity contribution is 5.85. The predicted octanol–water partition coefficient (Wildman–Crippen LogP) is 1.08. The number of halogens is 1. The van der Waals surface area contributed by atoms with E-state index < -0.39 is 0 Å². The van der Waals surface area contributed by atoms with E-state index in [2.05, 4.69) is 5.32 Å². The van der Waals surface area contributed by atoms with Crippen LogP contribution in [0.2, 0.25) is 0 Å². The van der Waals surface area contributed by atoms with Crippen molar-refractivity contribution in [3.05, 3.63) is 29.8 Å². The SMILES string of the molecule is Cc1cccc(OCCC(=O)N(C)CC(=O)N2CCNCC2)c1.Cl. The number of ether oxygens (including phenoxy) is 1. The third kappa shape index (κ3) is 6.37. The number of amides is 2. The second-order valence-electron chi connectivity index (χ2n) is 5.80. The van der Waals surface area contributed by atoms with Crippen molar-refractivity contribution in [2.24, 2.45) is 0 Å². The Morgan fingerprint density at radius 3 is 2.67 bits per heavy atom. The molecule has 1 aliphatic rings. The van der Waals surface area contributed by atoms with Gasteiger partial charge in [0.25, 0.3) is 0 Å². The fourth-order valence-electron chi connectivity index (χ4n) is 2.46. The van der Waals surface area contributed by atoms with Crippen LogP contribution in [0.4, 0.5) is 0 Å². The van der Waals surface area contributed by atoms with Gasteiger partial charge in [0.05, 0.1) is 19.6 Å². The van der Waals surface area contributed by atoms with E-state index in [0.717, 1.165) is 24.4 Å². The fourth-order valence-corrected chi connectivity index (χ4v) is 2.46. The van der Waals surface area contributed by atoms with Gasteiger partial charge in [-0.15, -0.1) is 12.4 Å². The first-order valence-corrected chi connectivity index (χ1v) is 7.98. The van der Waals surface area contributed by atoms with Crippen LogP contribution in [0.1, 0.15) is 12.0 Å². The number of likely N-dealkylation sites (N-methyl/N-ethyl adjacent to an activating group) is 1. The summed E-state index contributed by atoms with van der Waals surface area (Å²) < 4.78 is 5.58. The summed E-state index contributed by atoms with van der Waals surface area (Å²) in [5.74, 6) is 0.681. The number of hydrogen-bond donors (Lipinski definition) is 1. The normalized spacial score (nSPS) is 13.8. The summed E-state index contributed by atoms with van der Waals surface area (Å²) in [6, 6.07) is 7.72. The summed E-state index contributed by atoms with van der Waals surface area (Å²) in [5.41, 5.74) is 1.12. The molecule has 1 aromatic carbocycles. The Bertz CT molecular complexity index is 548. The predicted molar refractivity (Wildman–Crippen MR) is 95.6 cm³/mol. The molecule has 1 N–H and O–H groups in total. The number of carbonyl (C=O) groups excluding carboxylic acids is 2. The zero-order valence-corrected chi connectivity index (χ0v) is 15.1. The van der Waals surface area contributed by atoms with Gasteiger partial charge in [-0.05, 0) is 24.6 Å². The van der Waals surface area contributed by atoms with Crippen molar-refractivity contribution in [1.29, 1.82) is 0 Å². The van der Waals surface area contributed by atoms with Gasteiger partial charge in [-0.2, -0.15) is 0 Å². The summed E-state index contributed by atoms with van der Waals surface area (Å²) in [4.78, 5) is 27.5. The molecule has 0 aliphatic carbocycles. The maximum atomic E-state index is 12.1. The standard InChI is InChI=1S/C17H25N3O3.ClH/c1-14-4-3-5-15(12-14)23-11-6-16(21)19(2)13-17(22)20-9-7-18-8-10-20;/h3-5,12,18H,6-11,13H2,1-2H3;1H. The van der Waals surface area contributed by atoms with Gasteiger partial charge in [-0.1, -0.05) is 12.1 Å². The van der Waals surface area contributed by atoms with Crippen LogP contribution in [-0.4, -0.2) is 68.0 Å². The van der Waals surface area contributed by atoms with E-state index in [1.807, 2.05) is 31.2 Å². The molecule has 0 aromatic heterocycles. The average molecular weight is 356 g/mol. The Morgan fingerprint density at radius 1 is 1.29 bits per heavy atom. The highest BCUT2D eigenvalue weighted by Gasteiger charge is 2.19. The topological polar surface area (TPSA) is 61.9 Å². The largest absolute Gasteiger partial charge is 0.493 e. The number of benzene rings is 1. The molecular formula is C17H26ClN3O3. The monoisotopic (exact) mass is 355 g/mol. The van der Waals surface area contributed by atoms with Crippen molar-refractivity contribution in [2.75, 3.05) is 46.4 Å². The van der Waals surface area contributed by atoms with E-state index in [4.69, 9.17) is 4.74 Å². The number of aryl methyl sites for hydroxylation is 1. The Hall–Kier alpha value is -1.79. The van der Waals surface area contributed by atoms with Gasteiger partial charge in [0, 0.05) is 33.2 Å². The first kappa shape index (κ1) is 20.3. The van der Waals surface area contributed by atoms with Gasteiger partial charge >= 0.3 is 0 Å². The van der Waals surface area contributed by atoms with Crippen LogP contribution in [0.25, 0.3) is 0 Å². The number of nitrogens with one attached hydrogen (secondary N) is 1. The number of carbonyl (C=O) groups is 2. The van der Waals surface area contributed by atoms with Crippen molar-refractivity contribution in [2.45, 2.75) is 13.3 Å². The van der Waals surface area contributed by atoms with Crippen LogP contribution in [0.5, 0.6) is 5.75 Å². The lowest BCUT2D eigenvalue weighted by Gasteiger charge is -2.29. The molecule has 0 unspecified atom stereocenters. The van der Waals surface area contributed by atoms with Crippen LogP contribution < -0.4 is 10.1 Å². The molecule has 0 bridgehead atoms. The second kappa shape index (κ2) is 10.2. The Labute approximate surface area is 149 Å². The summed E-state index contributed by atoms with van der Waals surface area (Å²) in [6.07, 6.45) is 0.263. The van der Waals surface area contributed by atoms with Crippen molar-refractivity contribution in [3.63, 3.8) is 0 Å². The van der Waals surface area contributed by atoms with Crippen LogP contribution in [-0.2, 0) is 9.59 Å². The van der Waals surface area contributed by atoms with Gasteiger partial charge in [-0.3, -0.25) is 9.59 Å². The van der Waals surface area contributed by atoms with E-state index in [0.29, 0.717) is 19.7 Å². The average Bonchev–Trinajstić information content (AvgIpc) is 2.55. The molecule has 0 atom stereocenters. The van der Waals surface area contributed by atoms with E-state index in [1.54, 1.807) is 11.9 Å². The first-order chi connectivity index (χ1) is 11.1. The zero-order valence-electron chi connectivity index (χ0n) is 14.3. The molecule has 24 heavy (non-hydrogen) atoms. The zero-order chi connectivity index (χ0) is 16.7. The summed E-state index contributed by atoms with van der Waals surface area (Å²) in [7, 11) is 1.66. The van der Waals surface area contributed by atoms with E-state index >= 15 is 0 Å². The summed E-state index contributed by atoms with van der Waals surface area (Å²) in [5, 5.41) is 3.20. The molecule has 1 fully saturated rings. The van der Waals surface area contributed by atoms with E-state index in [9.17, 15) is 9.59 Å². The van der Waals surface area contributed by atoms with Gasteiger partial charge in [0.2, 0.25) is 11.8 Å². The van der Waals surface area contributed by atoms with E-state index in [-0.39, 0.29) is 37.2 Å². The number of piperazine rings is 1. The van der Waals surface area contributed by atoms with E-state index in [1.165, 1.54) is 4.90 Å². The molecule has 134 valence electrons. The maximum Gasteiger partial charge on any atom is 0.242 e. The Kier molecular flexibility index (Phi) is 8.57. The number of hydrogen-bond acceptors (Lipinski definition) is 4. The molecule has 6 nitrogen and oxygen atoms in total. The van der Waals surface area contributed by atoms with Crippen molar-refractivity contribution in [1.82, 2.24) is 15.1 Å². The fraction of sp³-hybridized carbons (Fsp3) is 0.529. The lowest BCUT2D eigenvalue weighted by Crippen LogP contribution is -2.49. The Morgan fingerprint density at radius 2 is 2.00 bits per heavy atom. The van der Waals surface area contributed by atoms with Gasteiger partial charge in [-0.25, -0.2) is 0 Å². The van der Waals surface area contributed by atoms with Crippen LogP contribution in [0.15, 0.2) is 24.3 Å². The lowest BCUT2D eigenvalue weighted by molar-refractivity contribution is -0.140. The molecule has 0 spiro atoms. The van der Waals surface area contributed by atoms with Gasteiger partial charge in [0.1, 0.15) is 5.75 Å². The van der Waals surface area contributed by atoms with Gasteiger partial charge < -0.3 is 19.9 Å². The molecule has 1 aromatic rings. The number of rotatable bonds is 6. The molecule has 0 radical (unpaired) electrons. The van der Waals surface area contributed by atoms with Crippen LogP contribution in [0, 0.1) is 6.92 Å². The second-order valence-corrected chi connectivity index (χ2v) is 5.80. The molecule has 7 heteroatoms. The smallest absolute Gasteiger partial charge is 0.242 e. The number of nitrogens with zero attached hydrogens (tertiary/aromatic N) is 2. The maximum absolute atomic E-state index is 12.1. The molecule has 2 rings (SSSR count). The summed E-state index contributed by atoms with van der Waals surface area (Å²) >= 11 is 0. The van der Waals surface area contributed by atoms with Gasteiger partial charge in [0.15, 0.2) is 0 Å². The Balaban J connectivity index is 0.00000288. The molecule has 0 saturated carbocycles. The minimum atomic E-state index is -0.0823. The summed E-state index contributed by atoms with van der Waals surface area (Å²) in [6.45, 7) is 5.47. The third-order valence-corrected chi connectivity index (χ3v) is 3.84. The molecule has 1 heterocycles. The van der Waals surface area contributed by atoms with Crippen molar-refractivity contribution in [3.8, 4) is 5.75 Å². The minimum Gasteiger partial charge on any atom is -0.493 e. The first-order valence-electron chi connectivity index (χ1n) is 7.98. The van der Waals surface area contributed by atoms with Crippen molar-refractivity contribution >= 4 is 24.2 Å². The quantitative estimate of drug-likeness (QED) is 0.829.